The predicted molar refractivity (Wildman–Crippen MR) is 49.7 cm³/mol. The molecule has 0 aromatic carbocycles. The largest absolute Gasteiger partial charge is 0.306 e. The summed E-state index contributed by atoms with van der Waals surface area (Å²) in [6.45, 7) is 9.66. The van der Waals surface area contributed by atoms with Crippen LogP contribution in [0.15, 0.2) is 0 Å². The minimum absolute atomic E-state index is 0.590. The molecule has 1 aliphatic rings. The molecule has 0 amide bonds. The van der Waals surface area contributed by atoms with Crippen LogP contribution in [-0.4, -0.2) is 25.0 Å². The van der Waals surface area contributed by atoms with E-state index in [0.717, 1.165) is 5.92 Å². The number of hydrogen-bond acceptors (Lipinski definition) is 1. The summed E-state index contributed by atoms with van der Waals surface area (Å²) < 4.78 is 0. The second-order valence-electron chi connectivity index (χ2n) is 4.67. The summed E-state index contributed by atoms with van der Waals surface area (Å²) in [6, 6.07) is 0. The van der Waals surface area contributed by atoms with Crippen molar-refractivity contribution in [3.05, 3.63) is 0 Å². The average Bonchev–Trinajstić information content (AvgIpc) is 1.84. The molecule has 1 fully saturated rings. The monoisotopic (exact) mass is 155 g/mol. The second kappa shape index (κ2) is 3.14. The van der Waals surface area contributed by atoms with Crippen molar-refractivity contribution < 1.29 is 0 Å². The fraction of sp³-hybridized carbons (Fsp3) is 1.00. The molecule has 0 N–H and O–H groups in total. The molecule has 0 aromatic rings. The maximum atomic E-state index is 2.47. The van der Waals surface area contributed by atoms with Gasteiger partial charge in [-0.2, -0.15) is 0 Å². The molecule has 0 saturated carbocycles. The van der Waals surface area contributed by atoms with E-state index in [1.807, 2.05) is 0 Å². The van der Waals surface area contributed by atoms with E-state index >= 15 is 0 Å². The van der Waals surface area contributed by atoms with E-state index in [2.05, 4.69) is 32.7 Å². The predicted octanol–water partition coefficient (Wildman–Crippen LogP) is 2.37. The average molecular weight is 155 g/mol. The molecule has 0 aliphatic carbocycles. The highest BCUT2D eigenvalue weighted by atomic mass is 15.1. The lowest BCUT2D eigenvalue weighted by Gasteiger charge is -2.41. The minimum Gasteiger partial charge on any atom is -0.306 e. The van der Waals surface area contributed by atoms with Crippen LogP contribution in [0.2, 0.25) is 0 Å². The van der Waals surface area contributed by atoms with Crippen molar-refractivity contribution in [2.75, 3.05) is 20.1 Å². The number of hydrogen-bond donors (Lipinski definition) is 0. The highest BCUT2D eigenvalue weighted by Gasteiger charge is 2.30. The lowest BCUT2D eigenvalue weighted by molar-refractivity contribution is 0.0831. The Hall–Kier alpha value is -0.0400. The van der Waals surface area contributed by atoms with Crippen molar-refractivity contribution in [1.82, 2.24) is 4.90 Å². The summed E-state index contributed by atoms with van der Waals surface area (Å²) in [5, 5.41) is 0. The van der Waals surface area contributed by atoms with Gasteiger partial charge in [0.25, 0.3) is 0 Å². The first-order valence-electron chi connectivity index (χ1n) is 4.74. The molecule has 1 saturated heterocycles. The first kappa shape index (κ1) is 9.05. The minimum atomic E-state index is 0.590. The lowest BCUT2D eigenvalue weighted by atomic mass is 9.76. The lowest BCUT2D eigenvalue weighted by Crippen LogP contribution is -2.42. The molecular formula is C10H21N. The Morgan fingerprint density at radius 1 is 1.55 bits per heavy atom. The molecule has 2 unspecified atom stereocenters. The Morgan fingerprint density at radius 2 is 2.18 bits per heavy atom. The highest BCUT2D eigenvalue weighted by Crippen LogP contribution is 2.34. The maximum Gasteiger partial charge on any atom is 0.00324 e. The van der Waals surface area contributed by atoms with E-state index in [1.54, 1.807) is 0 Å². The van der Waals surface area contributed by atoms with Gasteiger partial charge in [0.2, 0.25) is 0 Å². The third-order valence-electron chi connectivity index (χ3n) is 2.97. The second-order valence-corrected chi connectivity index (χ2v) is 4.67. The van der Waals surface area contributed by atoms with E-state index in [1.165, 1.54) is 25.9 Å². The van der Waals surface area contributed by atoms with Crippen LogP contribution in [-0.2, 0) is 0 Å². The van der Waals surface area contributed by atoms with E-state index in [-0.39, 0.29) is 0 Å². The van der Waals surface area contributed by atoms with Crippen LogP contribution < -0.4 is 0 Å². The fourth-order valence-electron chi connectivity index (χ4n) is 2.47. The Balaban J connectivity index is 2.55. The van der Waals surface area contributed by atoms with Gasteiger partial charge in [0.15, 0.2) is 0 Å². The SMILES string of the molecule is CCC1(C)CC(C)CN(C)C1. The molecule has 0 aromatic heterocycles. The summed E-state index contributed by atoms with van der Waals surface area (Å²) in [5.41, 5.74) is 0.590. The molecule has 1 rings (SSSR count). The summed E-state index contributed by atoms with van der Waals surface area (Å²) in [4.78, 5) is 2.47. The zero-order chi connectivity index (χ0) is 8.48. The summed E-state index contributed by atoms with van der Waals surface area (Å²) >= 11 is 0. The quantitative estimate of drug-likeness (QED) is 0.562. The van der Waals surface area contributed by atoms with Crippen molar-refractivity contribution in [2.24, 2.45) is 11.3 Å². The van der Waals surface area contributed by atoms with Crippen LogP contribution in [0.3, 0.4) is 0 Å². The molecule has 2 atom stereocenters. The summed E-state index contributed by atoms with van der Waals surface area (Å²) in [5.74, 6) is 0.888. The van der Waals surface area contributed by atoms with Gasteiger partial charge in [-0.1, -0.05) is 20.8 Å². The van der Waals surface area contributed by atoms with Crippen LogP contribution in [0.1, 0.15) is 33.6 Å². The maximum absolute atomic E-state index is 2.47. The zero-order valence-electron chi connectivity index (χ0n) is 8.35. The van der Waals surface area contributed by atoms with Gasteiger partial charge in [-0.3, -0.25) is 0 Å². The molecule has 0 bridgehead atoms. The molecule has 1 aliphatic heterocycles. The molecule has 1 heteroatoms. The van der Waals surface area contributed by atoms with Crippen molar-refractivity contribution in [2.45, 2.75) is 33.6 Å². The molecule has 1 heterocycles. The van der Waals surface area contributed by atoms with Crippen LogP contribution >= 0.6 is 0 Å². The third-order valence-corrected chi connectivity index (χ3v) is 2.97. The molecule has 1 nitrogen and oxygen atoms in total. The van der Waals surface area contributed by atoms with E-state index in [9.17, 15) is 0 Å². The highest BCUT2D eigenvalue weighted by molar-refractivity contribution is 4.83. The van der Waals surface area contributed by atoms with Gasteiger partial charge in [-0.15, -0.1) is 0 Å². The number of rotatable bonds is 1. The summed E-state index contributed by atoms with van der Waals surface area (Å²) in [7, 11) is 2.24. The van der Waals surface area contributed by atoms with Gasteiger partial charge in [0, 0.05) is 13.1 Å². The van der Waals surface area contributed by atoms with Crippen LogP contribution in [0, 0.1) is 11.3 Å². The van der Waals surface area contributed by atoms with E-state index in [0.29, 0.717) is 5.41 Å². The van der Waals surface area contributed by atoms with Gasteiger partial charge in [0.05, 0.1) is 0 Å². The van der Waals surface area contributed by atoms with Gasteiger partial charge in [-0.25, -0.2) is 0 Å². The van der Waals surface area contributed by atoms with Crippen molar-refractivity contribution in [3.63, 3.8) is 0 Å². The van der Waals surface area contributed by atoms with Gasteiger partial charge in [0.1, 0.15) is 0 Å². The zero-order valence-corrected chi connectivity index (χ0v) is 8.35. The van der Waals surface area contributed by atoms with Gasteiger partial charge in [-0.05, 0) is 31.2 Å². The molecule has 66 valence electrons. The van der Waals surface area contributed by atoms with Crippen molar-refractivity contribution >= 4 is 0 Å². The first-order valence-corrected chi connectivity index (χ1v) is 4.74. The first-order chi connectivity index (χ1) is 5.06. The Labute approximate surface area is 70.8 Å². The van der Waals surface area contributed by atoms with Crippen LogP contribution in [0.25, 0.3) is 0 Å². The van der Waals surface area contributed by atoms with Crippen molar-refractivity contribution in [1.29, 1.82) is 0 Å². The van der Waals surface area contributed by atoms with E-state index < -0.39 is 0 Å². The standard InChI is InChI=1S/C10H21N/c1-5-10(3)6-9(2)7-11(4)8-10/h9H,5-8H2,1-4H3. The van der Waals surface area contributed by atoms with Crippen molar-refractivity contribution in [3.8, 4) is 0 Å². The molecule has 11 heavy (non-hydrogen) atoms. The topological polar surface area (TPSA) is 3.24 Å². The smallest absolute Gasteiger partial charge is 0.00324 e. The fourth-order valence-corrected chi connectivity index (χ4v) is 2.47. The van der Waals surface area contributed by atoms with Gasteiger partial charge >= 0.3 is 0 Å². The number of nitrogens with zero attached hydrogens (tertiary/aromatic N) is 1. The van der Waals surface area contributed by atoms with Crippen LogP contribution in [0.5, 0.6) is 0 Å². The summed E-state index contributed by atoms with van der Waals surface area (Å²) in [6.07, 6.45) is 2.73. The molecule has 0 radical (unpaired) electrons. The van der Waals surface area contributed by atoms with E-state index in [4.69, 9.17) is 0 Å². The Kier molecular flexibility index (Phi) is 2.58. The Bertz CT molecular complexity index is 121. The molecular weight excluding hydrogens is 134 g/mol. The molecule has 0 spiro atoms. The normalized spacial score (nSPS) is 40.9. The number of piperidine rings is 1. The van der Waals surface area contributed by atoms with Crippen LogP contribution in [0.4, 0.5) is 0 Å². The third kappa shape index (κ3) is 2.19. The van der Waals surface area contributed by atoms with Gasteiger partial charge < -0.3 is 4.90 Å². The Morgan fingerprint density at radius 3 is 2.64 bits per heavy atom. The number of likely N-dealkylation sites (tertiary alicyclic amines) is 1.